The van der Waals surface area contributed by atoms with E-state index in [2.05, 4.69) is 38.3 Å². The molecule has 2 atom stereocenters. The molecule has 0 saturated carbocycles. The summed E-state index contributed by atoms with van der Waals surface area (Å²) < 4.78 is 5.51. The Labute approximate surface area is 171 Å². The highest BCUT2D eigenvalue weighted by atomic mass is 16.5. The number of carbonyl (C=O) groups excluding carboxylic acids is 1. The van der Waals surface area contributed by atoms with E-state index in [1.54, 1.807) is 0 Å². The molecule has 0 bridgehead atoms. The van der Waals surface area contributed by atoms with Crippen LogP contribution >= 0.6 is 0 Å². The van der Waals surface area contributed by atoms with Crippen molar-refractivity contribution in [3.63, 3.8) is 0 Å². The molecule has 2 saturated heterocycles. The number of rotatable bonds is 6. The number of carbonyl (C=O) groups is 1. The molecule has 4 rings (SSSR count). The largest absolute Gasteiger partial charge is 0.376 e. The summed E-state index contributed by atoms with van der Waals surface area (Å²) in [5.41, 5.74) is 8.03. The van der Waals surface area contributed by atoms with Crippen LogP contribution in [-0.2, 0) is 16.1 Å². The first-order valence-electron chi connectivity index (χ1n) is 10.3. The lowest BCUT2D eigenvalue weighted by atomic mass is 10.1. The Morgan fingerprint density at radius 3 is 2.62 bits per heavy atom. The lowest BCUT2D eigenvalue weighted by Crippen LogP contribution is -2.46. The topological polar surface area (TPSA) is 83.7 Å². The Morgan fingerprint density at radius 2 is 1.97 bits per heavy atom. The number of pyridine rings is 1. The van der Waals surface area contributed by atoms with Crippen LogP contribution in [0.4, 0.5) is 11.5 Å². The van der Waals surface area contributed by atoms with Crippen molar-refractivity contribution in [2.45, 2.75) is 31.5 Å². The molecule has 0 spiro atoms. The third-order valence-electron chi connectivity index (χ3n) is 5.64. The summed E-state index contributed by atoms with van der Waals surface area (Å²) in [6.45, 7) is 5.56. The Balaban J connectivity index is 1.25. The van der Waals surface area contributed by atoms with Crippen molar-refractivity contribution in [2.75, 3.05) is 43.0 Å². The molecular weight excluding hydrogens is 366 g/mol. The predicted molar refractivity (Wildman–Crippen MR) is 114 cm³/mol. The lowest BCUT2D eigenvalue weighted by molar-refractivity contribution is -0.119. The number of amides is 1. The summed E-state index contributed by atoms with van der Waals surface area (Å²) in [5, 5.41) is 2.90. The smallest absolute Gasteiger partial charge is 0.243 e. The van der Waals surface area contributed by atoms with Crippen LogP contribution in [0.25, 0.3) is 0 Å². The lowest BCUT2D eigenvalue weighted by Gasteiger charge is -2.35. The van der Waals surface area contributed by atoms with Crippen LogP contribution in [0.5, 0.6) is 0 Å². The third-order valence-corrected chi connectivity index (χ3v) is 5.64. The van der Waals surface area contributed by atoms with Crippen LogP contribution in [0, 0.1) is 0 Å². The van der Waals surface area contributed by atoms with Gasteiger partial charge in [-0.15, -0.1) is 0 Å². The highest BCUT2D eigenvalue weighted by Gasteiger charge is 2.28. The molecule has 1 aromatic carbocycles. The molecule has 2 unspecified atom stereocenters. The standard InChI is InChI=1S/C22H29N5O2/c23-21(19-4-3-15-29-19)22(28)25-18-8-6-17(7-9-18)16-26-11-13-27(14-12-26)20-5-1-2-10-24-20/h1-2,5-10,19,21H,3-4,11-16,23H2,(H,25,28). The van der Waals surface area contributed by atoms with Crippen molar-refractivity contribution in [3.05, 3.63) is 54.2 Å². The number of nitrogens with one attached hydrogen (secondary N) is 1. The van der Waals surface area contributed by atoms with E-state index in [0.717, 1.165) is 57.1 Å². The molecule has 2 fully saturated rings. The number of ether oxygens (including phenoxy) is 1. The van der Waals surface area contributed by atoms with E-state index in [1.807, 2.05) is 30.5 Å². The second-order valence-electron chi connectivity index (χ2n) is 7.71. The van der Waals surface area contributed by atoms with Crippen LogP contribution in [0.15, 0.2) is 48.7 Å². The zero-order valence-corrected chi connectivity index (χ0v) is 16.7. The van der Waals surface area contributed by atoms with Crippen molar-refractivity contribution < 1.29 is 9.53 Å². The summed E-state index contributed by atoms with van der Waals surface area (Å²) in [6.07, 6.45) is 3.49. The average Bonchev–Trinajstić information content (AvgIpc) is 3.31. The van der Waals surface area contributed by atoms with Gasteiger partial charge in [0, 0.05) is 51.2 Å². The second-order valence-corrected chi connectivity index (χ2v) is 7.71. The first kappa shape index (κ1) is 19.8. The van der Waals surface area contributed by atoms with Crippen molar-refractivity contribution >= 4 is 17.4 Å². The fraction of sp³-hybridized carbons (Fsp3) is 0.455. The van der Waals surface area contributed by atoms with Gasteiger partial charge in [-0.1, -0.05) is 18.2 Å². The summed E-state index contributed by atoms with van der Waals surface area (Å²) >= 11 is 0. The maximum absolute atomic E-state index is 12.3. The van der Waals surface area contributed by atoms with E-state index in [4.69, 9.17) is 10.5 Å². The van der Waals surface area contributed by atoms with E-state index in [0.29, 0.717) is 6.61 Å². The van der Waals surface area contributed by atoms with Crippen molar-refractivity contribution in [2.24, 2.45) is 5.73 Å². The number of benzene rings is 1. The molecule has 3 N–H and O–H groups in total. The molecule has 3 heterocycles. The van der Waals surface area contributed by atoms with Crippen molar-refractivity contribution in [1.29, 1.82) is 0 Å². The predicted octanol–water partition coefficient (Wildman–Crippen LogP) is 1.85. The van der Waals surface area contributed by atoms with Crippen molar-refractivity contribution in [3.8, 4) is 0 Å². The van der Waals surface area contributed by atoms with E-state index < -0.39 is 6.04 Å². The Kier molecular flexibility index (Phi) is 6.39. The first-order chi connectivity index (χ1) is 14.2. The van der Waals surface area contributed by atoms with Crippen LogP contribution in [0.3, 0.4) is 0 Å². The van der Waals surface area contributed by atoms with Gasteiger partial charge in [-0.05, 0) is 42.7 Å². The van der Waals surface area contributed by atoms with Gasteiger partial charge in [-0.2, -0.15) is 0 Å². The number of hydrogen-bond donors (Lipinski definition) is 2. The molecule has 7 nitrogen and oxygen atoms in total. The van der Waals surface area contributed by atoms with E-state index >= 15 is 0 Å². The van der Waals surface area contributed by atoms with Gasteiger partial charge in [0.2, 0.25) is 5.91 Å². The van der Waals surface area contributed by atoms with E-state index in [1.165, 1.54) is 5.56 Å². The molecule has 154 valence electrons. The zero-order chi connectivity index (χ0) is 20.1. The molecular formula is C22H29N5O2. The minimum Gasteiger partial charge on any atom is -0.376 e. The molecule has 1 aromatic heterocycles. The molecule has 2 aliphatic rings. The molecule has 29 heavy (non-hydrogen) atoms. The summed E-state index contributed by atoms with van der Waals surface area (Å²) in [7, 11) is 0. The average molecular weight is 396 g/mol. The first-order valence-corrected chi connectivity index (χ1v) is 10.3. The third kappa shape index (κ3) is 5.12. The molecule has 1 amide bonds. The van der Waals surface area contributed by atoms with Gasteiger partial charge in [0.05, 0.1) is 6.10 Å². The Morgan fingerprint density at radius 1 is 1.17 bits per heavy atom. The number of hydrogen-bond acceptors (Lipinski definition) is 6. The number of nitrogens with zero attached hydrogens (tertiary/aromatic N) is 3. The monoisotopic (exact) mass is 395 g/mol. The normalized spacial score (nSPS) is 21.1. The summed E-state index contributed by atoms with van der Waals surface area (Å²) in [5.74, 6) is 0.865. The van der Waals surface area contributed by atoms with Crippen LogP contribution in [0.1, 0.15) is 18.4 Å². The Hall–Kier alpha value is -2.48. The number of anilines is 2. The number of aromatic nitrogens is 1. The van der Waals surface area contributed by atoms with Gasteiger partial charge in [0.15, 0.2) is 0 Å². The molecule has 7 heteroatoms. The van der Waals surface area contributed by atoms with Crippen molar-refractivity contribution in [1.82, 2.24) is 9.88 Å². The molecule has 0 radical (unpaired) electrons. The van der Waals surface area contributed by atoms with Gasteiger partial charge in [0.25, 0.3) is 0 Å². The molecule has 2 aliphatic heterocycles. The minimum absolute atomic E-state index is 0.168. The quantitative estimate of drug-likeness (QED) is 0.777. The fourth-order valence-corrected chi connectivity index (χ4v) is 3.91. The molecule has 2 aromatic rings. The zero-order valence-electron chi connectivity index (χ0n) is 16.7. The highest BCUT2D eigenvalue weighted by molar-refractivity contribution is 5.95. The fourth-order valence-electron chi connectivity index (χ4n) is 3.91. The molecule has 0 aliphatic carbocycles. The van der Waals surface area contributed by atoms with Gasteiger partial charge in [0.1, 0.15) is 11.9 Å². The van der Waals surface area contributed by atoms with Gasteiger partial charge < -0.3 is 20.7 Å². The summed E-state index contributed by atoms with van der Waals surface area (Å²) in [6, 6.07) is 13.4. The number of nitrogens with two attached hydrogens (primary N) is 1. The van der Waals surface area contributed by atoms with Crippen LogP contribution in [-0.4, -0.2) is 60.7 Å². The van der Waals surface area contributed by atoms with Gasteiger partial charge in [-0.3, -0.25) is 9.69 Å². The maximum atomic E-state index is 12.3. The highest BCUT2D eigenvalue weighted by Crippen LogP contribution is 2.18. The van der Waals surface area contributed by atoms with Gasteiger partial charge in [-0.25, -0.2) is 4.98 Å². The van der Waals surface area contributed by atoms with E-state index in [-0.39, 0.29) is 12.0 Å². The van der Waals surface area contributed by atoms with Gasteiger partial charge >= 0.3 is 0 Å². The number of piperazine rings is 1. The van der Waals surface area contributed by atoms with E-state index in [9.17, 15) is 4.79 Å². The Bertz CT molecular complexity index is 785. The van der Waals surface area contributed by atoms with Crippen LogP contribution < -0.4 is 16.0 Å². The summed E-state index contributed by atoms with van der Waals surface area (Å²) in [4.78, 5) is 21.5. The minimum atomic E-state index is -0.618. The maximum Gasteiger partial charge on any atom is 0.243 e. The van der Waals surface area contributed by atoms with Crippen LogP contribution in [0.2, 0.25) is 0 Å². The second kappa shape index (κ2) is 9.35. The SMILES string of the molecule is NC(C(=O)Nc1ccc(CN2CCN(c3ccccn3)CC2)cc1)C1CCCO1.